The maximum atomic E-state index is 5.67. The van der Waals surface area contributed by atoms with Gasteiger partial charge in [-0.25, -0.2) is 9.97 Å². The minimum atomic E-state index is 0.579. The number of para-hydroxylation sites is 1. The number of hydrogen-bond donors (Lipinski definition) is 1. The number of nitrogens with one attached hydrogen (secondary N) is 1. The topological polar surface area (TPSA) is 56.3 Å². The second kappa shape index (κ2) is 7.03. The molecule has 27 heavy (non-hydrogen) atoms. The first-order valence-corrected chi connectivity index (χ1v) is 11.3. The fraction of sp³-hybridized carbons (Fsp3) is 0.158. The molecule has 0 atom stereocenters. The highest BCUT2D eigenvalue weighted by atomic mass is 32.2. The van der Waals surface area contributed by atoms with Crippen molar-refractivity contribution < 1.29 is 9.47 Å². The van der Waals surface area contributed by atoms with Crippen LogP contribution in [-0.4, -0.2) is 29.4 Å². The van der Waals surface area contributed by atoms with Crippen LogP contribution in [0.3, 0.4) is 0 Å². The highest BCUT2D eigenvalue weighted by Crippen LogP contribution is 2.37. The Hall–Kier alpha value is -2.29. The van der Waals surface area contributed by atoms with Crippen molar-refractivity contribution in [2.45, 2.75) is 4.90 Å². The van der Waals surface area contributed by atoms with Gasteiger partial charge in [-0.3, -0.25) is 0 Å². The van der Waals surface area contributed by atoms with Crippen LogP contribution in [0, 0.1) is 0 Å². The Labute approximate surface area is 168 Å². The van der Waals surface area contributed by atoms with Gasteiger partial charge in [0, 0.05) is 15.8 Å². The van der Waals surface area contributed by atoms with Crippen molar-refractivity contribution in [3.8, 4) is 22.8 Å². The number of aromatic nitrogens is 2. The van der Waals surface area contributed by atoms with Crippen molar-refractivity contribution in [1.29, 1.82) is 0 Å². The fourth-order valence-corrected chi connectivity index (χ4v) is 5.20. The van der Waals surface area contributed by atoms with E-state index in [0.29, 0.717) is 13.2 Å². The van der Waals surface area contributed by atoms with Gasteiger partial charge in [0.05, 0.1) is 15.9 Å². The smallest absolute Gasteiger partial charge is 0.190 e. The van der Waals surface area contributed by atoms with Crippen LogP contribution >= 0.6 is 34.4 Å². The Bertz CT molecular complexity index is 1120. The summed E-state index contributed by atoms with van der Waals surface area (Å²) in [7, 11) is 0. The van der Waals surface area contributed by atoms with E-state index in [2.05, 4.69) is 29.8 Å². The number of thioether (sulfide) groups is 1. The molecule has 0 spiro atoms. The van der Waals surface area contributed by atoms with Gasteiger partial charge < -0.3 is 14.8 Å². The van der Waals surface area contributed by atoms with Crippen molar-refractivity contribution in [3.63, 3.8) is 0 Å². The zero-order chi connectivity index (χ0) is 18.2. The van der Waals surface area contributed by atoms with Crippen LogP contribution in [0.25, 0.3) is 21.5 Å². The molecule has 2 aromatic carbocycles. The molecule has 0 radical (unpaired) electrons. The molecule has 4 aromatic rings. The van der Waals surface area contributed by atoms with Gasteiger partial charge in [0.2, 0.25) is 0 Å². The minimum absolute atomic E-state index is 0.579. The van der Waals surface area contributed by atoms with Gasteiger partial charge in [-0.2, -0.15) is 0 Å². The average Bonchev–Trinajstić information content (AvgIpc) is 3.34. The van der Waals surface area contributed by atoms with Crippen molar-refractivity contribution in [1.82, 2.24) is 9.97 Å². The minimum Gasteiger partial charge on any atom is -0.486 e. The quantitative estimate of drug-likeness (QED) is 0.436. The van der Waals surface area contributed by atoms with Gasteiger partial charge in [0.15, 0.2) is 21.8 Å². The molecule has 0 saturated carbocycles. The van der Waals surface area contributed by atoms with Crippen molar-refractivity contribution in [3.05, 3.63) is 41.8 Å². The third-order valence-corrected chi connectivity index (χ3v) is 6.62. The van der Waals surface area contributed by atoms with Crippen LogP contribution in [0.1, 0.15) is 0 Å². The monoisotopic (exact) mass is 413 g/mol. The van der Waals surface area contributed by atoms with Crippen molar-refractivity contribution in [2.75, 3.05) is 24.8 Å². The number of ether oxygens (including phenoxy) is 2. The summed E-state index contributed by atoms with van der Waals surface area (Å²) in [5, 5.41) is 7.06. The lowest BCUT2D eigenvalue weighted by atomic mass is 10.1. The maximum Gasteiger partial charge on any atom is 0.190 e. The molecule has 0 bridgehead atoms. The molecule has 2 aromatic heterocycles. The van der Waals surface area contributed by atoms with Crippen LogP contribution in [0.15, 0.2) is 46.7 Å². The second-order valence-corrected chi connectivity index (χ2v) is 8.58. The van der Waals surface area contributed by atoms with E-state index in [4.69, 9.17) is 19.4 Å². The lowest BCUT2D eigenvalue weighted by molar-refractivity contribution is 0.171. The molecule has 0 fully saturated rings. The summed E-state index contributed by atoms with van der Waals surface area (Å²) in [5.41, 5.74) is 2.96. The number of nitrogens with zero attached hydrogens (tertiary/aromatic N) is 2. The fourth-order valence-electron chi connectivity index (χ4n) is 2.90. The van der Waals surface area contributed by atoms with Gasteiger partial charge in [-0.15, -0.1) is 23.1 Å². The summed E-state index contributed by atoms with van der Waals surface area (Å²) in [5.74, 6) is 1.56. The molecule has 3 heterocycles. The number of fused-ring (bicyclic) bond motifs is 2. The zero-order valence-electron chi connectivity index (χ0n) is 14.4. The molecule has 5 rings (SSSR count). The molecule has 0 saturated heterocycles. The Balaban J connectivity index is 1.41. The molecule has 5 nitrogen and oxygen atoms in total. The molecule has 1 aliphatic rings. The number of rotatable bonds is 4. The molecule has 1 aliphatic heterocycles. The summed E-state index contributed by atoms with van der Waals surface area (Å²) in [4.78, 5) is 10.6. The molecular formula is C19H15N3O2S3. The van der Waals surface area contributed by atoms with Gasteiger partial charge in [-0.1, -0.05) is 17.4 Å². The summed E-state index contributed by atoms with van der Waals surface area (Å²) < 4.78 is 12.4. The summed E-state index contributed by atoms with van der Waals surface area (Å²) in [6.45, 7) is 1.17. The van der Waals surface area contributed by atoms with Gasteiger partial charge >= 0.3 is 0 Å². The molecule has 8 heteroatoms. The maximum absolute atomic E-state index is 5.67. The predicted molar refractivity (Wildman–Crippen MR) is 113 cm³/mol. The molecule has 136 valence electrons. The third-order valence-electron chi connectivity index (χ3n) is 4.16. The Kier molecular flexibility index (Phi) is 4.39. The molecule has 0 unspecified atom stereocenters. The standard InChI is InChI=1S/C19H15N3O2S3/c1-25-15-3-2-4-16-17(15)21-19(27-16)22-18-20-12(10-26-18)11-5-6-13-14(9-11)24-8-7-23-13/h2-6,9-10H,7-8H2,1H3,(H,20,21,22). The van der Waals surface area contributed by atoms with Crippen LogP contribution in [-0.2, 0) is 0 Å². The van der Waals surface area contributed by atoms with E-state index in [0.717, 1.165) is 38.5 Å². The van der Waals surface area contributed by atoms with E-state index in [9.17, 15) is 0 Å². The van der Waals surface area contributed by atoms with Crippen molar-refractivity contribution in [2.24, 2.45) is 0 Å². The molecule has 0 aliphatic carbocycles. The average molecular weight is 414 g/mol. The number of hydrogen-bond acceptors (Lipinski definition) is 8. The van der Waals surface area contributed by atoms with Crippen molar-refractivity contribution >= 4 is 54.9 Å². The first kappa shape index (κ1) is 16.9. The van der Waals surface area contributed by atoms with Crippen LogP contribution in [0.2, 0.25) is 0 Å². The van der Waals surface area contributed by atoms with Crippen LogP contribution in [0.4, 0.5) is 10.3 Å². The zero-order valence-corrected chi connectivity index (χ0v) is 16.8. The van der Waals surface area contributed by atoms with E-state index < -0.39 is 0 Å². The number of benzene rings is 2. The number of thiazole rings is 2. The van der Waals surface area contributed by atoms with Gasteiger partial charge in [0.25, 0.3) is 0 Å². The van der Waals surface area contributed by atoms with Gasteiger partial charge in [0.1, 0.15) is 13.2 Å². The predicted octanol–water partition coefficient (Wildman–Crippen LogP) is 5.66. The Morgan fingerprint density at radius 2 is 1.93 bits per heavy atom. The third kappa shape index (κ3) is 3.24. The lowest BCUT2D eigenvalue weighted by Gasteiger charge is -2.18. The van der Waals surface area contributed by atoms with Crippen LogP contribution in [0.5, 0.6) is 11.5 Å². The molecule has 1 N–H and O–H groups in total. The van der Waals surface area contributed by atoms with E-state index in [-0.39, 0.29) is 0 Å². The first-order valence-electron chi connectivity index (χ1n) is 8.36. The summed E-state index contributed by atoms with van der Waals surface area (Å²) in [6.07, 6.45) is 2.07. The number of anilines is 2. The summed E-state index contributed by atoms with van der Waals surface area (Å²) in [6, 6.07) is 12.2. The Morgan fingerprint density at radius 1 is 1.04 bits per heavy atom. The first-order chi connectivity index (χ1) is 13.3. The van der Waals surface area contributed by atoms with E-state index >= 15 is 0 Å². The highest BCUT2D eigenvalue weighted by molar-refractivity contribution is 7.98. The van der Waals surface area contributed by atoms with Gasteiger partial charge in [-0.05, 0) is 36.6 Å². The normalized spacial score (nSPS) is 13.1. The summed E-state index contributed by atoms with van der Waals surface area (Å²) >= 11 is 4.92. The van der Waals surface area contributed by atoms with Crippen LogP contribution < -0.4 is 14.8 Å². The Morgan fingerprint density at radius 3 is 2.81 bits per heavy atom. The largest absolute Gasteiger partial charge is 0.486 e. The van der Waals surface area contributed by atoms with E-state index in [1.165, 1.54) is 9.60 Å². The lowest BCUT2D eigenvalue weighted by Crippen LogP contribution is -2.15. The van der Waals surface area contributed by atoms with E-state index in [1.54, 1.807) is 34.4 Å². The molecular weight excluding hydrogens is 398 g/mol. The SMILES string of the molecule is CSc1cccc2sc(Nc3nc(-c4ccc5c(c4)OCCO5)cs3)nc12. The second-order valence-electron chi connectivity index (χ2n) is 5.85. The highest BCUT2D eigenvalue weighted by Gasteiger charge is 2.14. The van der Waals surface area contributed by atoms with E-state index in [1.807, 2.05) is 23.6 Å². The molecule has 0 amide bonds.